The number of hydrogen-bond donors (Lipinski definition) is 1. The highest BCUT2D eigenvalue weighted by Crippen LogP contribution is 2.37. The minimum Gasteiger partial charge on any atom is -0.351 e. The molecule has 132 valence electrons. The van der Waals surface area contributed by atoms with Gasteiger partial charge in [-0.3, -0.25) is 4.90 Å². The van der Waals surface area contributed by atoms with Crippen molar-refractivity contribution in [2.75, 3.05) is 25.0 Å². The molecule has 1 aliphatic heterocycles. The molecule has 1 aromatic carbocycles. The summed E-state index contributed by atoms with van der Waals surface area (Å²) < 4.78 is 0. The third-order valence-corrected chi connectivity index (χ3v) is 5.77. The lowest BCUT2D eigenvalue weighted by molar-refractivity contribution is 0.0807. The Labute approximate surface area is 149 Å². The summed E-state index contributed by atoms with van der Waals surface area (Å²) in [6, 6.07) is 10.2. The molecule has 5 heteroatoms. The van der Waals surface area contributed by atoms with Gasteiger partial charge in [0, 0.05) is 17.6 Å². The molecule has 1 saturated carbocycles. The van der Waals surface area contributed by atoms with Crippen molar-refractivity contribution in [3.05, 3.63) is 36.5 Å². The van der Waals surface area contributed by atoms with Crippen LogP contribution < -0.4 is 5.32 Å². The molecular weight excluding hydrogens is 310 g/mol. The highest BCUT2D eigenvalue weighted by Gasteiger charge is 2.39. The fraction of sp³-hybridized carbons (Fsp3) is 0.550. The molecule has 2 aromatic rings. The number of aromatic nitrogens is 3. The van der Waals surface area contributed by atoms with Crippen molar-refractivity contribution in [1.29, 1.82) is 0 Å². The topological polar surface area (TPSA) is 53.9 Å². The summed E-state index contributed by atoms with van der Waals surface area (Å²) in [6.45, 7) is 3.41. The molecule has 0 spiro atoms. The van der Waals surface area contributed by atoms with Crippen LogP contribution in [-0.4, -0.2) is 45.3 Å². The number of hydrogen-bond acceptors (Lipinski definition) is 5. The SMILES string of the molecule is c1ccc(-c2cnnc(NCC3(N4CCCCC4)CCCC3)n2)cc1. The van der Waals surface area contributed by atoms with Gasteiger partial charge in [0.05, 0.1) is 11.9 Å². The van der Waals surface area contributed by atoms with Crippen molar-refractivity contribution in [3.63, 3.8) is 0 Å². The molecule has 0 atom stereocenters. The maximum Gasteiger partial charge on any atom is 0.243 e. The van der Waals surface area contributed by atoms with Crippen molar-refractivity contribution in [2.45, 2.75) is 50.5 Å². The number of rotatable bonds is 5. The Morgan fingerprint density at radius 1 is 0.960 bits per heavy atom. The monoisotopic (exact) mass is 337 g/mol. The van der Waals surface area contributed by atoms with E-state index < -0.39 is 0 Å². The highest BCUT2D eigenvalue weighted by atomic mass is 15.3. The normalized spacial score (nSPS) is 20.5. The van der Waals surface area contributed by atoms with E-state index >= 15 is 0 Å². The molecule has 1 saturated heterocycles. The van der Waals surface area contributed by atoms with Crippen LogP contribution in [0.15, 0.2) is 36.5 Å². The molecule has 0 radical (unpaired) electrons. The third-order valence-electron chi connectivity index (χ3n) is 5.77. The van der Waals surface area contributed by atoms with Crippen molar-refractivity contribution in [1.82, 2.24) is 20.1 Å². The predicted molar refractivity (Wildman–Crippen MR) is 100 cm³/mol. The molecule has 0 bridgehead atoms. The van der Waals surface area contributed by atoms with Gasteiger partial charge in [0.1, 0.15) is 0 Å². The summed E-state index contributed by atoms with van der Waals surface area (Å²) in [5.74, 6) is 0.643. The molecule has 2 fully saturated rings. The van der Waals surface area contributed by atoms with Crippen LogP contribution in [0.3, 0.4) is 0 Å². The van der Waals surface area contributed by atoms with Crippen LogP contribution in [0.25, 0.3) is 11.3 Å². The van der Waals surface area contributed by atoms with Crippen LogP contribution in [-0.2, 0) is 0 Å². The number of likely N-dealkylation sites (tertiary alicyclic amines) is 1. The molecule has 0 amide bonds. The second-order valence-corrected chi connectivity index (χ2v) is 7.36. The highest BCUT2D eigenvalue weighted by molar-refractivity contribution is 5.58. The Balaban J connectivity index is 1.48. The van der Waals surface area contributed by atoms with E-state index in [1.54, 1.807) is 6.20 Å². The van der Waals surface area contributed by atoms with Crippen molar-refractivity contribution < 1.29 is 0 Å². The first-order valence-corrected chi connectivity index (χ1v) is 9.60. The van der Waals surface area contributed by atoms with E-state index in [4.69, 9.17) is 0 Å². The van der Waals surface area contributed by atoms with Crippen LogP contribution in [0.1, 0.15) is 44.9 Å². The van der Waals surface area contributed by atoms with E-state index in [-0.39, 0.29) is 5.54 Å². The predicted octanol–water partition coefficient (Wildman–Crippen LogP) is 3.75. The van der Waals surface area contributed by atoms with E-state index in [2.05, 4.69) is 37.5 Å². The second kappa shape index (κ2) is 7.48. The average molecular weight is 337 g/mol. The third kappa shape index (κ3) is 3.66. The van der Waals surface area contributed by atoms with Crippen molar-refractivity contribution in [2.24, 2.45) is 0 Å². The van der Waals surface area contributed by atoms with E-state index in [1.807, 2.05) is 18.2 Å². The minimum absolute atomic E-state index is 0.284. The maximum atomic E-state index is 4.68. The number of benzene rings is 1. The Bertz CT molecular complexity index is 675. The van der Waals surface area contributed by atoms with Gasteiger partial charge < -0.3 is 5.32 Å². The molecule has 25 heavy (non-hydrogen) atoms. The zero-order valence-corrected chi connectivity index (χ0v) is 14.8. The van der Waals surface area contributed by atoms with Gasteiger partial charge in [-0.2, -0.15) is 5.10 Å². The van der Waals surface area contributed by atoms with Crippen molar-refractivity contribution >= 4 is 5.95 Å². The minimum atomic E-state index is 0.284. The van der Waals surface area contributed by atoms with Crippen LogP contribution in [0.5, 0.6) is 0 Å². The maximum absolute atomic E-state index is 4.68. The summed E-state index contributed by atoms with van der Waals surface area (Å²) in [6.07, 6.45) is 11.0. The summed E-state index contributed by atoms with van der Waals surface area (Å²) in [4.78, 5) is 7.40. The van der Waals surface area contributed by atoms with Crippen LogP contribution in [0, 0.1) is 0 Å². The van der Waals surface area contributed by atoms with E-state index in [1.165, 1.54) is 58.0 Å². The first-order valence-electron chi connectivity index (χ1n) is 9.60. The zero-order chi connectivity index (χ0) is 17.0. The van der Waals surface area contributed by atoms with Gasteiger partial charge in [-0.15, -0.1) is 5.10 Å². The number of piperidine rings is 1. The van der Waals surface area contributed by atoms with Gasteiger partial charge in [-0.1, -0.05) is 49.6 Å². The largest absolute Gasteiger partial charge is 0.351 e. The van der Waals surface area contributed by atoms with Gasteiger partial charge in [0.15, 0.2) is 0 Å². The molecule has 5 nitrogen and oxygen atoms in total. The Morgan fingerprint density at radius 2 is 1.72 bits per heavy atom. The summed E-state index contributed by atoms with van der Waals surface area (Å²) in [7, 11) is 0. The molecular formula is C20H27N5. The Kier molecular flexibility index (Phi) is 4.92. The molecule has 0 unspecified atom stereocenters. The van der Waals surface area contributed by atoms with Crippen LogP contribution in [0.4, 0.5) is 5.95 Å². The molecule has 1 aromatic heterocycles. The summed E-state index contributed by atoms with van der Waals surface area (Å²) in [5.41, 5.74) is 2.23. The number of nitrogens with zero attached hydrogens (tertiary/aromatic N) is 4. The average Bonchev–Trinajstić information content (AvgIpc) is 3.18. The van der Waals surface area contributed by atoms with E-state index in [0.717, 1.165) is 17.8 Å². The van der Waals surface area contributed by atoms with Gasteiger partial charge >= 0.3 is 0 Å². The molecule has 4 rings (SSSR count). The van der Waals surface area contributed by atoms with Crippen LogP contribution >= 0.6 is 0 Å². The van der Waals surface area contributed by atoms with Gasteiger partial charge in [-0.25, -0.2) is 4.98 Å². The second-order valence-electron chi connectivity index (χ2n) is 7.36. The fourth-order valence-corrected chi connectivity index (χ4v) is 4.38. The molecule has 1 N–H and O–H groups in total. The summed E-state index contributed by atoms with van der Waals surface area (Å²) >= 11 is 0. The first kappa shape index (κ1) is 16.5. The van der Waals surface area contributed by atoms with Crippen molar-refractivity contribution in [3.8, 4) is 11.3 Å². The number of nitrogens with one attached hydrogen (secondary N) is 1. The zero-order valence-electron chi connectivity index (χ0n) is 14.8. The van der Waals surface area contributed by atoms with Gasteiger partial charge in [0.2, 0.25) is 5.95 Å². The molecule has 2 aliphatic rings. The smallest absolute Gasteiger partial charge is 0.243 e. The Morgan fingerprint density at radius 3 is 2.48 bits per heavy atom. The van der Waals surface area contributed by atoms with Gasteiger partial charge in [0.25, 0.3) is 0 Å². The first-order chi connectivity index (χ1) is 12.4. The van der Waals surface area contributed by atoms with E-state index in [0.29, 0.717) is 5.95 Å². The lowest BCUT2D eigenvalue weighted by Gasteiger charge is -2.43. The standard InChI is InChI=1S/C20H27N5/c1-3-9-17(10-4-1)18-15-22-24-19(23-18)21-16-20(11-5-6-12-20)25-13-7-2-8-14-25/h1,3-4,9-10,15H,2,5-8,11-14,16H2,(H,21,23,24). The van der Waals surface area contributed by atoms with Crippen LogP contribution in [0.2, 0.25) is 0 Å². The molecule has 1 aliphatic carbocycles. The van der Waals surface area contributed by atoms with Gasteiger partial charge in [-0.05, 0) is 38.8 Å². The van der Waals surface area contributed by atoms with E-state index in [9.17, 15) is 0 Å². The lowest BCUT2D eigenvalue weighted by Crippen LogP contribution is -2.53. The summed E-state index contributed by atoms with van der Waals surface area (Å²) in [5, 5.41) is 11.9. The fourth-order valence-electron chi connectivity index (χ4n) is 4.38. The number of anilines is 1. The quantitative estimate of drug-likeness (QED) is 0.900. The molecule has 2 heterocycles. The lowest BCUT2D eigenvalue weighted by atomic mass is 9.92. The Hall–Kier alpha value is -2.01.